The summed E-state index contributed by atoms with van der Waals surface area (Å²) in [4.78, 5) is 24.1. The predicted molar refractivity (Wildman–Crippen MR) is 138 cm³/mol. The van der Waals surface area contributed by atoms with Crippen molar-refractivity contribution < 1.29 is 9.59 Å². The van der Waals surface area contributed by atoms with Crippen LogP contribution < -0.4 is 0 Å². The Morgan fingerprint density at radius 2 is 0.677 bits per heavy atom. The first-order valence-electron chi connectivity index (χ1n) is 13.9. The minimum atomic E-state index is -0.783. The van der Waals surface area contributed by atoms with Crippen LogP contribution in [0.15, 0.2) is 0 Å². The molecule has 0 aromatic carbocycles. The van der Waals surface area contributed by atoms with E-state index in [-0.39, 0.29) is 0 Å². The molecule has 0 bridgehead atoms. The number of Topliss-reactive ketones (excluding diaryl/α,β-unsaturated/α-hetero) is 2. The number of ketones is 2. The van der Waals surface area contributed by atoms with Gasteiger partial charge in [0, 0.05) is 0 Å². The molecule has 0 aliphatic heterocycles. The SMILES string of the molecule is CCCCCCCCCCCCC(=O)[CH2][Sn][CH2]C(=O)CCCCCCCCCCCC. The van der Waals surface area contributed by atoms with Gasteiger partial charge in [0.05, 0.1) is 0 Å². The van der Waals surface area contributed by atoms with Crippen molar-refractivity contribution in [2.45, 2.75) is 164 Å². The minimum absolute atomic E-state index is 0.443. The Bertz CT molecular complexity index is 358. The zero-order valence-electron chi connectivity index (χ0n) is 21.3. The molecule has 0 aliphatic rings. The molecule has 0 aromatic rings. The minimum Gasteiger partial charge on any atom is -0.0654 e. The molecule has 0 N–H and O–H groups in total. The van der Waals surface area contributed by atoms with E-state index in [1.807, 2.05) is 0 Å². The molecule has 0 rings (SSSR count). The molecule has 0 unspecified atom stereocenters. The Morgan fingerprint density at radius 3 is 0.968 bits per heavy atom. The van der Waals surface area contributed by atoms with Crippen LogP contribution in [0.1, 0.15) is 155 Å². The topological polar surface area (TPSA) is 34.1 Å². The van der Waals surface area contributed by atoms with Crippen molar-refractivity contribution in [2.75, 3.05) is 0 Å². The van der Waals surface area contributed by atoms with Gasteiger partial charge in [-0.2, -0.15) is 0 Å². The van der Waals surface area contributed by atoms with Crippen LogP contribution in [0.25, 0.3) is 0 Å². The molecule has 0 spiro atoms. The van der Waals surface area contributed by atoms with Gasteiger partial charge in [-0.05, 0) is 0 Å². The smallest absolute Gasteiger partial charge is 0.0654 e. The summed E-state index contributed by atoms with van der Waals surface area (Å²) in [5, 5.41) is 0. The molecule has 2 radical (unpaired) electrons. The number of hydrogen-bond donors (Lipinski definition) is 0. The second-order valence-corrected chi connectivity index (χ2v) is 13.0. The fourth-order valence-electron chi connectivity index (χ4n) is 4.14. The van der Waals surface area contributed by atoms with Gasteiger partial charge in [0.25, 0.3) is 0 Å². The van der Waals surface area contributed by atoms with E-state index in [0.717, 1.165) is 34.6 Å². The fourth-order valence-corrected chi connectivity index (χ4v) is 7.09. The van der Waals surface area contributed by atoms with Crippen molar-refractivity contribution in [3.8, 4) is 0 Å². The summed E-state index contributed by atoms with van der Waals surface area (Å²) >= 11 is -0.783. The van der Waals surface area contributed by atoms with Gasteiger partial charge in [0.1, 0.15) is 0 Å². The summed E-state index contributed by atoms with van der Waals surface area (Å²) in [6.07, 6.45) is 27.9. The van der Waals surface area contributed by atoms with E-state index < -0.39 is 21.1 Å². The van der Waals surface area contributed by atoms with Crippen LogP contribution in [0.3, 0.4) is 0 Å². The van der Waals surface area contributed by atoms with Crippen LogP contribution in [0.5, 0.6) is 0 Å². The van der Waals surface area contributed by atoms with E-state index in [0.29, 0.717) is 11.6 Å². The average Bonchev–Trinajstić information content (AvgIpc) is 2.76. The third-order valence-electron chi connectivity index (χ3n) is 6.26. The summed E-state index contributed by atoms with van der Waals surface area (Å²) in [6, 6.07) is 0. The molecule has 182 valence electrons. The Balaban J connectivity index is 3.30. The quantitative estimate of drug-likeness (QED) is 0.0808. The predicted octanol–water partition coefficient (Wildman–Crippen LogP) is 9.29. The number of carbonyl (C=O) groups excluding carboxylic acids is 2. The molecule has 31 heavy (non-hydrogen) atoms. The monoisotopic (exact) mass is 542 g/mol. The first-order chi connectivity index (χ1) is 15.2. The molecular weight excluding hydrogens is 487 g/mol. The Labute approximate surface area is 205 Å². The van der Waals surface area contributed by atoms with E-state index in [4.69, 9.17) is 0 Å². The third kappa shape index (κ3) is 26.3. The second-order valence-electron chi connectivity index (χ2n) is 9.54. The van der Waals surface area contributed by atoms with Crippen LogP contribution in [-0.4, -0.2) is 32.7 Å². The van der Waals surface area contributed by atoms with Crippen LogP contribution in [0, 0.1) is 0 Å². The summed E-state index contributed by atoms with van der Waals surface area (Å²) in [6.45, 7) is 4.53. The third-order valence-corrected chi connectivity index (χ3v) is 9.94. The molecule has 2 nitrogen and oxygen atoms in total. The Morgan fingerprint density at radius 1 is 0.419 bits per heavy atom. The number of hydrogen-bond acceptors (Lipinski definition) is 2. The number of carbonyl (C=O) groups is 2. The van der Waals surface area contributed by atoms with E-state index in [1.54, 1.807) is 0 Å². The summed E-state index contributed by atoms with van der Waals surface area (Å²) < 4.78 is 1.56. The molecule has 0 atom stereocenters. The standard InChI is InChI=1S/2C14H27O.Sn/c2*1-3-4-5-6-7-8-9-10-11-12-13-14(2)15;/h2*2-13H2,1H3;. The molecule has 0 saturated carbocycles. The van der Waals surface area contributed by atoms with Crippen molar-refractivity contribution in [3.05, 3.63) is 0 Å². The molecule has 3 heteroatoms. The first kappa shape index (κ1) is 31.1. The first-order valence-corrected chi connectivity index (χ1v) is 18.0. The molecular formula is C28H54O2Sn. The molecule has 0 saturated heterocycles. The van der Waals surface area contributed by atoms with Crippen molar-refractivity contribution >= 4 is 32.7 Å². The van der Waals surface area contributed by atoms with E-state index in [2.05, 4.69) is 13.8 Å². The fraction of sp³-hybridized carbons (Fsp3) is 0.929. The normalized spacial score (nSPS) is 11.2. The molecule has 0 amide bonds. The van der Waals surface area contributed by atoms with Gasteiger partial charge in [-0.3, -0.25) is 0 Å². The van der Waals surface area contributed by atoms with Crippen molar-refractivity contribution in [3.63, 3.8) is 0 Å². The van der Waals surface area contributed by atoms with Gasteiger partial charge >= 0.3 is 180 Å². The van der Waals surface area contributed by atoms with Gasteiger partial charge in [0.2, 0.25) is 0 Å². The molecule has 0 aliphatic carbocycles. The second kappa shape index (κ2) is 26.4. The number of rotatable bonds is 26. The van der Waals surface area contributed by atoms with Crippen LogP contribution >= 0.6 is 0 Å². The van der Waals surface area contributed by atoms with Crippen LogP contribution in [0.2, 0.25) is 8.87 Å². The van der Waals surface area contributed by atoms with Gasteiger partial charge in [-0.25, -0.2) is 0 Å². The molecule has 0 fully saturated rings. The van der Waals surface area contributed by atoms with Crippen molar-refractivity contribution in [2.24, 2.45) is 0 Å². The Kier molecular flexibility index (Phi) is 26.5. The zero-order chi connectivity index (χ0) is 22.8. The maximum absolute atomic E-state index is 12.0. The van der Waals surface area contributed by atoms with Crippen molar-refractivity contribution in [1.29, 1.82) is 0 Å². The van der Waals surface area contributed by atoms with Crippen LogP contribution in [0.4, 0.5) is 0 Å². The van der Waals surface area contributed by atoms with E-state index in [9.17, 15) is 9.59 Å². The number of unbranched alkanes of at least 4 members (excludes halogenated alkanes) is 18. The summed E-state index contributed by atoms with van der Waals surface area (Å²) in [5.41, 5.74) is 0. The van der Waals surface area contributed by atoms with Crippen LogP contribution in [-0.2, 0) is 9.59 Å². The van der Waals surface area contributed by atoms with Gasteiger partial charge in [-0.1, -0.05) is 26.7 Å². The van der Waals surface area contributed by atoms with E-state index in [1.165, 1.54) is 116 Å². The van der Waals surface area contributed by atoms with E-state index >= 15 is 0 Å². The van der Waals surface area contributed by atoms with Gasteiger partial charge in [0.15, 0.2) is 0 Å². The zero-order valence-corrected chi connectivity index (χ0v) is 24.1. The van der Waals surface area contributed by atoms with Gasteiger partial charge < -0.3 is 0 Å². The van der Waals surface area contributed by atoms with Gasteiger partial charge in [-0.15, -0.1) is 0 Å². The average molecular weight is 541 g/mol. The summed E-state index contributed by atoms with van der Waals surface area (Å²) in [7, 11) is 0. The Hall–Kier alpha value is 0.139. The molecule has 0 aromatic heterocycles. The summed E-state index contributed by atoms with van der Waals surface area (Å²) in [5.74, 6) is 0.885. The van der Waals surface area contributed by atoms with Crippen molar-refractivity contribution in [1.82, 2.24) is 0 Å². The maximum atomic E-state index is 12.0. The molecule has 0 heterocycles.